The van der Waals surface area contributed by atoms with Crippen LogP contribution in [0.5, 0.6) is 0 Å². The van der Waals surface area contributed by atoms with Crippen LogP contribution in [-0.4, -0.2) is 0 Å². The maximum atomic E-state index is 4.11. The van der Waals surface area contributed by atoms with E-state index in [1.807, 2.05) is 0 Å². The molecule has 1 aliphatic carbocycles. The summed E-state index contributed by atoms with van der Waals surface area (Å²) in [5.41, 5.74) is 1.45. The largest absolute Gasteiger partial charge is 0.0993 e. The Balaban J connectivity index is 2.05. The van der Waals surface area contributed by atoms with E-state index >= 15 is 0 Å². The SMILES string of the molecule is C=C1CCC[C@H]1/C=C/CCCCCC. The molecule has 0 unspecified atom stereocenters. The summed E-state index contributed by atoms with van der Waals surface area (Å²) < 4.78 is 0. The molecule has 0 heterocycles. The van der Waals surface area contributed by atoms with E-state index < -0.39 is 0 Å². The van der Waals surface area contributed by atoms with Crippen LogP contribution >= 0.6 is 0 Å². The highest BCUT2D eigenvalue weighted by Gasteiger charge is 2.15. The fraction of sp³-hybridized carbons (Fsp3) is 0.714. The first kappa shape index (κ1) is 11.6. The number of hydrogen-bond acceptors (Lipinski definition) is 0. The Labute approximate surface area is 89.1 Å². The molecule has 1 atom stereocenters. The predicted molar refractivity (Wildman–Crippen MR) is 64.4 cm³/mol. The van der Waals surface area contributed by atoms with Gasteiger partial charge in [-0.2, -0.15) is 0 Å². The molecule has 14 heavy (non-hydrogen) atoms. The van der Waals surface area contributed by atoms with Crippen LogP contribution < -0.4 is 0 Å². The minimum Gasteiger partial charge on any atom is -0.0993 e. The maximum absolute atomic E-state index is 4.11. The third-order valence-electron chi connectivity index (χ3n) is 3.13. The summed E-state index contributed by atoms with van der Waals surface area (Å²) in [6.07, 6.45) is 15.5. The van der Waals surface area contributed by atoms with Gasteiger partial charge in [-0.15, -0.1) is 0 Å². The summed E-state index contributed by atoms with van der Waals surface area (Å²) in [5, 5.41) is 0. The predicted octanol–water partition coefficient (Wildman–Crippen LogP) is 4.87. The zero-order chi connectivity index (χ0) is 10.2. The molecule has 0 amide bonds. The second kappa shape index (κ2) is 6.86. The Kier molecular flexibility index (Phi) is 5.66. The molecule has 0 aromatic carbocycles. The normalized spacial score (nSPS) is 22.4. The van der Waals surface area contributed by atoms with Gasteiger partial charge in [0.1, 0.15) is 0 Å². The fourth-order valence-corrected chi connectivity index (χ4v) is 2.12. The third kappa shape index (κ3) is 4.13. The van der Waals surface area contributed by atoms with Crippen molar-refractivity contribution < 1.29 is 0 Å². The molecule has 0 aromatic heterocycles. The monoisotopic (exact) mass is 192 g/mol. The Morgan fingerprint density at radius 3 is 2.86 bits per heavy atom. The standard InChI is InChI=1S/C14H24/c1-3-4-5-6-7-8-11-14-12-9-10-13(14)2/h8,11,14H,2-7,9-10,12H2,1H3/b11-8+/t14-/m1/s1. The molecule has 0 nitrogen and oxygen atoms in total. The van der Waals surface area contributed by atoms with Crippen molar-refractivity contribution in [2.75, 3.05) is 0 Å². The van der Waals surface area contributed by atoms with Crippen molar-refractivity contribution >= 4 is 0 Å². The Morgan fingerprint density at radius 1 is 1.36 bits per heavy atom. The van der Waals surface area contributed by atoms with Crippen molar-refractivity contribution in [3.05, 3.63) is 24.3 Å². The van der Waals surface area contributed by atoms with Crippen molar-refractivity contribution in [1.29, 1.82) is 0 Å². The van der Waals surface area contributed by atoms with Gasteiger partial charge in [0.05, 0.1) is 0 Å². The van der Waals surface area contributed by atoms with Crippen LogP contribution in [-0.2, 0) is 0 Å². The van der Waals surface area contributed by atoms with E-state index in [9.17, 15) is 0 Å². The van der Waals surface area contributed by atoms with E-state index in [4.69, 9.17) is 0 Å². The maximum Gasteiger partial charge on any atom is -0.00259 e. The number of unbranched alkanes of at least 4 members (excludes halogenated alkanes) is 4. The van der Waals surface area contributed by atoms with Gasteiger partial charge >= 0.3 is 0 Å². The molecule has 0 N–H and O–H groups in total. The van der Waals surface area contributed by atoms with E-state index in [-0.39, 0.29) is 0 Å². The average Bonchev–Trinajstić information content (AvgIpc) is 2.58. The quantitative estimate of drug-likeness (QED) is 0.416. The van der Waals surface area contributed by atoms with E-state index in [1.54, 1.807) is 0 Å². The molecular weight excluding hydrogens is 168 g/mol. The zero-order valence-electron chi connectivity index (χ0n) is 9.60. The average molecular weight is 192 g/mol. The van der Waals surface area contributed by atoms with Gasteiger partial charge in [0.25, 0.3) is 0 Å². The Hall–Kier alpha value is -0.520. The molecular formula is C14H24. The molecule has 0 aliphatic heterocycles. The van der Waals surface area contributed by atoms with Crippen LogP contribution in [0.2, 0.25) is 0 Å². The molecule has 1 saturated carbocycles. The highest BCUT2D eigenvalue weighted by atomic mass is 14.2. The minimum absolute atomic E-state index is 0.709. The lowest BCUT2D eigenvalue weighted by molar-refractivity contribution is 0.671. The number of allylic oxidation sites excluding steroid dienone is 3. The lowest BCUT2D eigenvalue weighted by Crippen LogP contribution is -1.89. The number of rotatable bonds is 6. The van der Waals surface area contributed by atoms with E-state index in [0.29, 0.717) is 5.92 Å². The summed E-state index contributed by atoms with van der Waals surface area (Å²) in [6.45, 7) is 6.37. The topological polar surface area (TPSA) is 0 Å². The van der Waals surface area contributed by atoms with Gasteiger partial charge < -0.3 is 0 Å². The second-order valence-electron chi connectivity index (χ2n) is 4.43. The molecule has 80 valence electrons. The lowest BCUT2D eigenvalue weighted by atomic mass is 10.0. The van der Waals surface area contributed by atoms with Gasteiger partial charge in [-0.25, -0.2) is 0 Å². The molecule has 1 fully saturated rings. The smallest absolute Gasteiger partial charge is 0.00259 e. The first-order valence-electron chi connectivity index (χ1n) is 6.19. The second-order valence-corrected chi connectivity index (χ2v) is 4.43. The van der Waals surface area contributed by atoms with E-state index in [0.717, 1.165) is 0 Å². The molecule has 0 aromatic rings. The van der Waals surface area contributed by atoms with Gasteiger partial charge in [0, 0.05) is 0 Å². The first-order valence-corrected chi connectivity index (χ1v) is 6.19. The van der Waals surface area contributed by atoms with Crippen LogP contribution in [0, 0.1) is 5.92 Å². The van der Waals surface area contributed by atoms with Crippen molar-refractivity contribution in [3.63, 3.8) is 0 Å². The van der Waals surface area contributed by atoms with Crippen molar-refractivity contribution in [2.45, 2.75) is 58.3 Å². The van der Waals surface area contributed by atoms with Gasteiger partial charge in [0.2, 0.25) is 0 Å². The van der Waals surface area contributed by atoms with E-state index in [2.05, 4.69) is 25.7 Å². The summed E-state index contributed by atoms with van der Waals surface area (Å²) in [6, 6.07) is 0. The lowest BCUT2D eigenvalue weighted by Gasteiger charge is -2.03. The van der Waals surface area contributed by atoms with Gasteiger partial charge in [0.15, 0.2) is 0 Å². The molecule has 0 bridgehead atoms. The van der Waals surface area contributed by atoms with E-state index in [1.165, 1.54) is 56.9 Å². The van der Waals surface area contributed by atoms with Crippen molar-refractivity contribution in [2.24, 2.45) is 5.92 Å². The molecule has 1 aliphatic rings. The summed E-state index contributed by atoms with van der Waals surface area (Å²) in [7, 11) is 0. The van der Waals surface area contributed by atoms with Gasteiger partial charge in [-0.3, -0.25) is 0 Å². The molecule has 0 radical (unpaired) electrons. The van der Waals surface area contributed by atoms with Crippen molar-refractivity contribution in [3.8, 4) is 0 Å². The van der Waals surface area contributed by atoms with Gasteiger partial charge in [-0.1, -0.05) is 50.5 Å². The van der Waals surface area contributed by atoms with Crippen LogP contribution in [0.4, 0.5) is 0 Å². The summed E-state index contributed by atoms with van der Waals surface area (Å²) in [4.78, 5) is 0. The minimum atomic E-state index is 0.709. The summed E-state index contributed by atoms with van der Waals surface area (Å²) >= 11 is 0. The number of hydrogen-bond donors (Lipinski definition) is 0. The Morgan fingerprint density at radius 2 is 2.21 bits per heavy atom. The van der Waals surface area contributed by atoms with Gasteiger partial charge in [-0.05, 0) is 38.0 Å². The molecule has 1 rings (SSSR count). The van der Waals surface area contributed by atoms with Crippen LogP contribution in [0.3, 0.4) is 0 Å². The van der Waals surface area contributed by atoms with Crippen LogP contribution in [0.15, 0.2) is 24.3 Å². The highest BCUT2D eigenvalue weighted by Crippen LogP contribution is 2.30. The summed E-state index contributed by atoms with van der Waals surface area (Å²) in [5.74, 6) is 0.709. The molecule has 0 saturated heterocycles. The molecule has 0 spiro atoms. The molecule has 0 heteroatoms. The first-order chi connectivity index (χ1) is 6.84. The fourth-order valence-electron chi connectivity index (χ4n) is 2.12. The third-order valence-corrected chi connectivity index (χ3v) is 3.13. The highest BCUT2D eigenvalue weighted by molar-refractivity contribution is 5.13. The van der Waals surface area contributed by atoms with Crippen molar-refractivity contribution in [1.82, 2.24) is 0 Å². The zero-order valence-corrected chi connectivity index (χ0v) is 9.60. The Bertz CT molecular complexity index is 188. The van der Waals surface area contributed by atoms with Crippen LogP contribution in [0.25, 0.3) is 0 Å². The van der Waals surface area contributed by atoms with Crippen LogP contribution in [0.1, 0.15) is 58.3 Å².